The summed E-state index contributed by atoms with van der Waals surface area (Å²) < 4.78 is 58.8. The maximum atomic E-state index is 13.0. The van der Waals surface area contributed by atoms with Crippen LogP contribution in [0.2, 0.25) is 0 Å². The number of nitrogens with one attached hydrogen (secondary N) is 2. The van der Waals surface area contributed by atoms with E-state index in [1.54, 1.807) is 27.7 Å². The normalized spacial score (nSPS) is 14.8. The zero-order valence-corrected chi connectivity index (χ0v) is 28.9. The number of rotatable bonds is 14. The molecule has 4 atom stereocenters. The number of aliphatic hydroxyl groups excluding tert-OH is 2. The van der Waals surface area contributed by atoms with Crippen LogP contribution in [0.15, 0.2) is 0 Å². The topological polar surface area (TPSA) is 207 Å². The first-order chi connectivity index (χ1) is 15.6. The molecule has 2 amide bonds. The van der Waals surface area contributed by atoms with E-state index in [1.807, 2.05) is 0 Å². The van der Waals surface area contributed by atoms with Crippen molar-refractivity contribution in [2.24, 2.45) is 11.8 Å². The summed E-state index contributed by atoms with van der Waals surface area (Å²) in [6, 6.07) is 0. The molecular weight excluding hydrogens is 550 g/mol. The Balaban J connectivity index is -0.000000840. The molecule has 37 heavy (non-hydrogen) atoms. The van der Waals surface area contributed by atoms with Crippen molar-refractivity contribution in [2.75, 3.05) is 5.75 Å². The third-order valence-corrected chi connectivity index (χ3v) is 5.90. The Bertz CT molecular complexity index is 885. The molecule has 0 spiro atoms. The average molecular weight is 591 g/mol. The van der Waals surface area contributed by atoms with Crippen molar-refractivity contribution in [3.05, 3.63) is 6.92 Å². The molecule has 0 aromatic rings. The van der Waals surface area contributed by atoms with Crippen LogP contribution in [0.5, 0.6) is 0 Å². The molecule has 0 fully saturated rings. The average Bonchev–Trinajstić information content (AvgIpc) is 2.61. The van der Waals surface area contributed by atoms with Gasteiger partial charge in [0.15, 0.2) is 0 Å². The Labute approximate surface area is 266 Å². The standard InChI is InChI=1S/C21H41N2O7S.2Na.O3S/c1-8-16(24)11-14(18(26)22-20(3,4)5)10-15(12-17(25)9-2)19(27)23-21(6,7)13-31(28,29)30;;;1-4(2)3/h14-17,24-25H,3,8-13H2,1-2,4-7H3,(H,22,26)(H,23,27)(H,28,29,30);;;/q-1;2*+1;/p-1. The van der Waals surface area contributed by atoms with Gasteiger partial charge in [0.2, 0.25) is 11.8 Å². The van der Waals surface area contributed by atoms with E-state index in [1.165, 1.54) is 13.8 Å². The van der Waals surface area contributed by atoms with E-state index >= 15 is 0 Å². The molecule has 0 bridgehead atoms. The molecule has 0 aromatic carbocycles. The quantitative estimate of drug-likeness (QED) is 0.0856. The van der Waals surface area contributed by atoms with Gasteiger partial charge in [0, 0.05) is 17.4 Å². The second-order valence-electron chi connectivity index (χ2n) is 9.88. The van der Waals surface area contributed by atoms with E-state index in [4.69, 9.17) is 12.6 Å². The molecule has 0 aromatic heterocycles. The zero-order chi connectivity index (χ0) is 28.2. The predicted octanol–water partition coefficient (Wildman–Crippen LogP) is -5.90. The molecular formula is C21H40N2Na2O10S2. The van der Waals surface area contributed by atoms with Gasteiger partial charge in [-0.2, -0.15) is 0 Å². The number of hydrogen-bond donors (Lipinski definition) is 4. The van der Waals surface area contributed by atoms with Crippen LogP contribution < -0.4 is 69.7 Å². The number of carbonyl (C=O) groups is 2. The van der Waals surface area contributed by atoms with Crippen LogP contribution in [0.3, 0.4) is 0 Å². The maximum absolute atomic E-state index is 13.0. The van der Waals surface area contributed by atoms with Crippen molar-refractivity contribution in [3.63, 3.8) is 0 Å². The fraction of sp³-hybridized carbons (Fsp3) is 0.857. The van der Waals surface area contributed by atoms with Crippen molar-refractivity contribution >= 4 is 32.5 Å². The fourth-order valence-electron chi connectivity index (χ4n) is 3.30. The molecule has 16 heteroatoms. The summed E-state index contributed by atoms with van der Waals surface area (Å²) in [6.07, 6.45) is -0.493. The summed E-state index contributed by atoms with van der Waals surface area (Å²) in [5.74, 6) is -3.25. The molecule has 12 nitrogen and oxygen atoms in total. The van der Waals surface area contributed by atoms with Gasteiger partial charge in [0.05, 0.1) is 28.1 Å². The number of aliphatic hydroxyl groups is 2. The molecule has 0 rings (SSSR count). The molecule has 208 valence electrons. The first-order valence-corrected chi connectivity index (χ1v) is 13.8. The van der Waals surface area contributed by atoms with Crippen molar-refractivity contribution in [2.45, 2.75) is 96.9 Å². The van der Waals surface area contributed by atoms with Gasteiger partial charge < -0.3 is 32.3 Å². The van der Waals surface area contributed by atoms with E-state index in [2.05, 4.69) is 17.6 Å². The van der Waals surface area contributed by atoms with Crippen LogP contribution in [-0.2, 0) is 30.3 Å². The van der Waals surface area contributed by atoms with Crippen LogP contribution in [0.1, 0.15) is 73.6 Å². The summed E-state index contributed by atoms with van der Waals surface area (Å²) in [4.78, 5) is 25.8. The Hall–Kier alpha value is 0.390. The molecule has 0 aliphatic carbocycles. The smallest absolute Gasteiger partial charge is 0.748 e. The van der Waals surface area contributed by atoms with E-state index in [9.17, 15) is 32.8 Å². The summed E-state index contributed by atoms with van der Waals surface area (Å²) >= 11 is 0. The molecule has 0 aliphatic rings. The summed E-state index contributed by atoms with van der Waals surface area (Å²) in [7, 11) is -7.69. The Morgan fingerprint density at radius 3 is 1.46 bits per heavy atom. The Kier molecular flexibility index (Phi) is 24.4. The Morgan fingerprint density at radius 1 is 0.865 bits per heavy atom. The monoisotopic (exact) mass is 590 g/mol. The van der Waals surface area contributed by atoms with Crippen LogP contribution in [0.25, 0.3) is 0 Å². The third kappa shape index (κ3) is 26.4. The largest absolute Gasteiger partial charge is 1.00 e. The first-order valence-electron chi connectivity index (χ1n) is 11.2. The van der Waals surface area contributed by atoms with Crippen molar-refractivity contribution in [1.82, 2.24) is 10.6 Å². The van der Waals surface area contributed by atoms with Gasteiger partial charge in [0.1, 0.15) is 0 Å². The van der Waals surface area contributed by atoms with Crippen molar-refractivity contribution < 1.29 is 105 Å². The van der Waals surface area contributed by atoms with Gasteiger partial charge >= 0.3 is 69.7 Å². The second-order valence-corrected chi connectivity index (χ2v) is 11.7. The minimum Gasteiger partial charge on any atom is -0.748 e. The van der Waals surface area contributed by atoms with E-state index in [0.717, 1.165) is 0 Å². The van der Waals surface area contributed by atoms with Gasteiger partial charge in [-0.1, -0.05) is 33.2 Å². The summed E-state index contributed by atoms with van der Waals surface area (Å²) in [5, 5.41) is 25.6. The molecule has 0 saturated carbocycles. The Morgan fingerprint density at radius 2 is 1.19 bits per heavy atom. The predicted molar refractivity (Wildman–Crippen MR) is 127 cm³/mol. The van der Waals surface area contributed by atoms with Crippen molar-refractivity contribution in [3.8, 4) is 0 Å². The minimum absolute atomic E-state index is 0. The molecule has 0 radical (unpaired) electrons. The molecule has 4 unspecified atom stereocenters. The van der Waals surface area contributed by atoms with Crippen molar-refractivity contribution in [1.29, 1.82) is 0 Å². The molecule has 4 N–H and O–H groups in total. The zero-order valence-electron chi connectivity index (χ0n) is 23.2. The number of carbonyl (C=O) groups excluding carboxylic acids is 2. The van der Waals surface area contributed by atoms with Gasteiger partial charge in [0.25, 0.3) is 0 Å². The minimum atomic E-state index is -4.58. The van der Waals surface area contributed by atoms with Gasteiger partial charge in [-0.3, -0.25) is 9.59 Å². The van der Waals surface area contributed by atoms with Gasteiger partial charge in [-0.15, -0.1) is 12.6 Å². The van der Waals surface area contributed by atoms with E-state index in [-0.39, 0.29) is 84.3 Å². The maximum Gasteiger partial charge on any atom is 1.00 e. The SMILES string of the molecule is O=S(=O)=O.[CH2-]C(C)(C)NC(=O)C(CC(O)CC)CC(CC(O)CC)C(=O)NC(C)(C)CS(=O)(=O)[O-].[Na+].[Na+]. The third-order valence-electron chi connectivity index (χ3n) is 4.83. The summed E-state index contributed by atoms with van der Waals surface area (Å²) in [6.45, 7) is 13.7. The molecule has 0 heterocycles. The fourth-order valence-corrected chi connectivity index (χ4v) is 4.26. The number of hydrogen-bond acceptors (Lipinski definition) is 10. The van der Waals surface area contributed by atoms with Crippen LogP contribution in [-0.4, -0.2) is 76.7 Å². The summed E-state index contributed by atoms with van der Waals surface area (Å²) in [5.41, 5.74) is -2.07. The second kappa shape index (κ2) is 20.3. The number of amides is 2. The first kappa shape index (κ1) is 44.4. The molecule has 0 aliphatic heterocycles. The van der Waals surface area contributed by atoms with Crippen LogP contribution in [0, 0.1) is 18.8 Å². The van der Waals surface area contributed by atoms with Gasteiger partial charge in [-0.25, -0.2) is 8.42 Å². The van der Waals surface area contributed by atoms with Crippen LogP contribution >= 0.6 is 0 Å². The van der Waals surface area contributed by atoms with E-state index < -0.39 is 67.5 Å². The van der Waals surface area contributed by atoms with E-state index in [0.29, 0.717) is 12.8 Å². The van der Waals surface area contributed by atoms with Crippen LogP contribution in [0.4, 0.5) is 0 Å². The molecule has 0 saturated heterocycles. The van der Waals surface area contributed by atoms with Gasteiger partial charge in [-0.05, 0) is 46.0 Å².